The Balaban J connectivity index is 1.77. The molecule has 1 aliphatic heterocycles. The Hall–Kier alpha value is -2.93. The van der Waals surface area contributed by atoms with E-state index in [1.54, 1.807) is 13.0 Å². The average Bonchev–Trinajstić information content (AvgIpc) is 2.91. The Morgan fingerprint density at radius 2 is 1.87 bits per heavy atom. The van der Waals surface area contributed by atoms with Gasteiger partial charge in [0.05, 0.1) is 6.54 Å². The van der Waals surface area contributed by atoms with Gasteiger partial charge in [-0.1, -0.05) is 41.9 Å². The number of carbonyl (C=O) groups excluding carboxylic acids is 2. The molecule has 1 aliphatic rings. The lowest BCUT2D eigenvalue weighted by molar-refractivity contribution is -0.131. The number of rotatable bonds is 4. The van der Waals surface area contributed by atoms with Gasteiger partial charge in [0.15, 0.2) is 0 Å². The van der Waals surface area contributed by atoms with Crippen LogP contribution in [0, 0.1) is 6.92 Å². The number of urea groups is 1. The van der Waals surface area contributed by atoms with Crippen LogP contribution in [0.5, 0.6) is 0 Å². The molecular formula is C24H23BrN2O4. The number of hydrogen-bond donors (Lipinski definition) is 1. The Bertz CT molecular complexity index is 1280. The van der Waals surface area contributed by atoms with Crippen molar-refractivity contribution in [2.75, 3.05) is 0 Å². The van der Waals surface area contributed by atoms with Crippen molar-refractivity contribution in [1.29, 1.82) is 0 Å². The number of hydrogen-bond acceptors (Lipinski definition) is 4. The van der Waals surface area contributed by atoms with E-state index in [9.17, 15) is 14.4 Å². The molecule has 0 spiro atoms. The Morgan fingerprint density at radius 3 is 2.55 bits per heavy atom. The SMILES string of the molecule is Cc1cc2oc(=O)cc(CN3C(=O)NC(C)(c4cccc(Br)c4)C3=O)c2cc1C(C)C. The topological polar surface area (TPSA) is 79.6 Å². The summed E-state index contributed by atoms with van der Waals surface area (Å²) in [5.41, 5.74) is 2.16. The van der Waals surface area contributed by atoms with Gasteiger partial charge < -0.3 is 9.73 Å². The third kappa shape index (κ3) is 3.67. The van der Waals surface area contributed by atoms with Gasteiger partial charge >= 0.3 is 11.7 Å². The largest absolute Gasteiger partial charge is 0.423 e. The highest BCUT2D eigenvalue weighted by Gasteiger charge is 2.49. The van der Waals surface area contributed by atoms with E-state index in [1.807, 2.05) is 37.3 Å². The van der Waals surface area contributed by atoms with E-state index in [0.29, 0.717) is 16.7 Å². The standard InChI is InChI=1S/C24H23BrN2O4/c1-13(2)18-11-19-15(9-21(28)31-20(19)8-14(18)3)12-27-22(29)24(4,26-23(27)30)16-6-5-7-17(25)10-16/h5-11,13H,12H2,1-4H3,(H,26,30). The van der Waals surface area contributed by atoms with Crippen molar-refractivity contribution >= 4 is 38.8 Å². The highest BCUT2D eigenvalue weighted by Crippen LogP contribution is 2.33. The highest BCUT2D eigenvalue weighted by atomic mass is 79.9. The van der Waals surface area contributed by atoms with Crippen LogP contribution >= 0.6 is 15.9 Å². The fourth-order valence-electron chi connectivity index (χ4n) is 4.15. The predicted molar refractivity (Wildman–Crippen MR) is 122 cm³/mol. The first kappa shape index (κ1) is 21.3. The van der Waals surface area contributed by atoms with Gasteiger partial charge in [-0.15, -0.1) is 0 Å². The summed E-state index contributed by atoms with van der Waals surface area (Å²) in [5, 5.41) is 3.54. The second-order valence-electron chi connectivity index (χ2n) is 8.41. The number of aryl methyl sites for hydroxylation is 1. The van der Waals surface area contributed by atoms with E-state index < -0.39 is 17.2 Å². The van der Waals surface area contributed by atoms with Crippen LogP contribution in [-0.2, 0) is 16.9 Å². The smallest absolute Gasteiger partial charge is 0.336 e. The Morgan fingerprint density at radius 1 is 1.13 bits per heavy atom. The van der Waals surface area contributed by atoms with Crippen molar-refractivity contribution in [2.45, 2.75) is 45.7 Å². The molecule has 31 heavy (non-hydrogen) atoms. The quantitative estimate of drug-likeness (QED) is 0.421. The minimum absolute atomic E-state index is 0.0169. The summed E-state index contributed by atoms with van der Waals surface area (Å²) in [6.45, 7) is 7.83. The second-order valence-corrected chi connectivity index (χ2v) is 9.32. The first-order valence-corrected chi connectivity index (χ1v) is 10.9. The van der Waals surface area contributed by atoms with Gasteiger partial charge in [-0.05, 0) is 66.3 Å². The van der Waals surface area contributed by atoms with Crippen LogP contribution in [0.15, 0.2) is 56.1 Å². The lowest BCUT2D eigenvalue weighted by Crippen LogP contribution is -2.40. The average molecular weight is 483 g/mol. The van der Waals surface area contributed by atoms with Crippen molar-refractivity contribution in [1.82, 2.24) is 10.2 Å². The zero-order chi connectivity index (χ0) is 22.5. The van der Waals surface area contributed by atoms with Gasteiger partial charge in [0, 0.05) is 15.9 Å². The molecule has 1 aromatic heterocycles. The first-order valence-electron chi connectivity index (χ1n) is 10.1. The van der Waals surface area contributed by atoms with Gasteiger partial charge in [-0.2, -0.15) is 0 Å². The van der Waals surface area contributed by atoms with Gasteiger partial charge in [-0.3, -0.25) is 9.69 Å². The molecule has 6 nitrogen and oxygen atoms in total. The number of benzene rings is 2. The van der Waals surface area contributed by atoms with Crippen LogP contribution in [0.2, 0.25) is 0 Å². The van der Waals surface area contributed by atoms with Crippen LogP contribution in [0.4, 0.5) is 4.79 Å². The minimum Gasteiger partial charge on any atom is -0.423 e. The van der Waals surface area contributed by atoms with Gasteiger partial charge in [0.2, 0.25) is 0 Å². The van der Waals surface area contributed by atoms with Gasteiger partial charge in [0.1, 0.15) is 11.1 Å². The highest BCUT2D eigenvalue weighted by molar-refractivity contribution is 9.10. The fraction of sp³-hybridized carbons (Fsp3) is 0.292. The molecule has 0 saturated carbocycles. The lowest BCUT2D eigenvalue weighted by Gasteiger charge is -2.22. The third-order valence-corrected chi connectivity index (χ3v) is 6.34. The number of halogens is 1. The third-order valence-electron chi connectivity index (χ3n) is 5.84. The van der Waals surface area contributed by atoms with Gasteiger partial charge in [-0.25, -0.2) is 9.59 Å². The summed E-state index contributed by atoms with van der Waals surface area (Å²) >= 11 is 3.41. The number of imide groups is 1. The molecule has 1 unspecified atom stereocenters. The molecule has 160 valence electrons. The number of amides is 3. The number of carbonyl (C=O) groups is 2. The molecule has 1 fully saturated rings. The molecule has 0 radical (unpaired) electrons. The van der Waals surface area contributed by atoms with E-state index in [0.717, 1.165) is 25.9 Å². The second kappa shape index (κ2) is 7.64. The molecule has 0 bridgehead atoms. The van der Waals surface area contributed by atoms with E-state index in [4.69, 9.17) is 4.42 Å². The fourth-order valence-corrected chi connectivity index (χ4v) is 4.55. The van der Waals surface area contributed by atoms with Crippen molar-refractivity contribution in [3.05, 3.63) is 79.6 Å². The van der Waals surface area contributed by atoms with Crippen molar-refractivity contribution in [3.63, 3.8) is 0 Å². The summed E-state index contributed by atoms with van der Waals surface area (Å²) in [6, 6.07) is 12.0. The minimum atomic E-state index is -1.18. The Kier molecular flexibility index (Phi) is 5.25. The predicted octanol–water partition coefficient (Wildman–Crippen LogP) is 4.95. The summed E-state index contributed by atoms with van der Waals surface area (Å²) in [5.74, 6) is -0.0890. The van der Waals surface area contributed by atoms with Crippen LogP contribution < -0.4 is 10.9 Å². The normalized spacial score (nSPS) is 18.8. The summed E-state index contributed by atoms with van der Waals surface area (Å²) < 4.78 is 6.21. The molecule has 2 aromatic carbocycles. The lowest BCUT2D eigenvalue weighted by atomic mass is 9.92. The van der Waals surface area contributed by atoms with Crippen molar-refractivity contribution in [3.8, 4) is 0 Å². The zero-order valence-corrected chi connectivity index (χ0v) is 19.4. The van der Waals surface area contributed by atoms with Crippen LogP contribution in [-0.4, -0.2) is 16.8 Å². The molecule has 1 saturated heterocycles. The molecule has 4 rings (SSSR count). The molecule has 3 aromatic rings. The maximum Gasteiger partial charge on any atom is 0.336 e. The van der Waals surface area contributed by atoms with Crippen LogP contribution in [0.25, 0.3) is 11.0 Å². The maximum atomic E-state index is 13.3. The molecule has 1 atom stereocenters. The van der Waals surface area contributed by atoms with E-state index in [2.05, 4.69) is 35.1 Å². The molecule has 7 heteroatoms. The molecule has 1 N–H and O–H groups in total. The Labute approximate surface area is 188 Å². The molecule has 0 aliphatic carbocycles. The number of fused-ring (bicyclic) bond motifs is 1. The van der Waals surface area contributed by atoms with E-state index in [1.165, 1.54) is 6.07 Å². The maximum absolute atomic E-state index is 13.3. The first-order chi connectivity index (χ1) is 14.6. The summed E-state index contributed by atoms with van der Waals surface area (Å²) in [6.07, 6.45) is 0. The molecule has 2 heterocycles. The van der Waals surface area contributed by atoms with Gasteiger partial charge in [0.25, 0.3) is 5.91 Å². The zero-order valence-electron chi connectivity index (χ0n) is 17.8. The summed E-state index contributed by atoms with van der Waals surface area (Å²) in [4.78, 5) is 39.5. The van der Waals surface area contributed by atoms with Crippen LogP contribution in [0.1, 0.15) is 48.9 Å². The number of nitrogens with one attached hydrogen (secondary N) is 1. The van der Waals surface area contributed by atoms with E-state index >= 15 is 0 Å². The number of nitrogens with zero attached hydrogens (tertiary/aromatic N) is 1. The molecule has 3 amide bonds. The van der Waals surface area contributed by atoms with E-state index in [-0.39, 0.29) is 18.4 Å². The summed E-state index contributed by atoms with van der Waals surface area (Å²) in [7, 11) is 0. The monoisotopic (exact) mass is 482 g/mol. The molecular weight excluding hydrogens is 460 g/mol. The van der Waals surface area contributed by atoms with Crippen molar-refractivity contribution in [2.24, 2.45) is 0 Å². The van der Waals surface area contributed by atoms with Crippen LogP contribution in [0.3, 0.4) is 0 Å². The van der Waals surface area contributed by atoms with Crippen molar-refractivity contribution < 1.29 is 14.0 Å².